The molecule has 6 nitrogen and oxygen atoms in total. The van der Waals surface area contributed by atoms with E-state index in [1.807, 2.05) is 18.7 Å². The quantitative estimate of drug-likeness (QED) is 0.550. The molecule has 0 bridgehead atoms. The Morgan fingerprint density at radius 2 is 1.77 bits per heavy atom. The molecule has 2 atom stereocenters. The molecular formula is C28H40FN3O3. The van der Waals surface area contributed by atoms with E-state index < -0.39 is 6.04 Å². The average Bonchev–Trinajstić information content (AvgIpc) is 3.70. The summed E-state index contributed by atoms with van der Waals surface area (Å²) in [6.07, 6.45) is 9.05. The van der Waals surface area contributed by atoms with E-state index in [2.05, 4.69) is 10.6 Å². The van der Waals surface area contributed by atoms with Crippen LogP contribution in [0, 0.1) is 17.7 Å². The highest BCUT2D eigenvalue weighted by molar-refractivity contribution is 5.98. The molecule has 192 valence electrons. The Morgan fingerprint density at radius 3 is 2.46 bits per heavy atom. The highest BCUT2D eigenvalue weighted by atomic mass is 19.1. The third-order valence-corrected chi connectivity index (χ3v) is 7.87. The van der Waals surface area contributed by atoms with Crippen LogP contribution in [0.1, 0.15) is 93.5 Å². The third kappa shape index (κ3) is 6.69. The van der Waals surface area contributed by atoms with Crippen LogP contribution in [0.2, 0.25) is 0 Å². The third-order valence-electron chi connectivity index (χ3n) is 7.87. The SMILES string of the molecule is CC(C)C(=O)[C@H](NC(=O)c1ccc(F)c(C2CCCN(C(=O)CNC3CC3)C2)c1)C1CCCCC1. The van der Waals surface area contributed by atoms with Crippen LogP contribution in [-0.4, -0.2) is 54.2 Å². The molecule has 0 radical (unpaired) electrons. The summed E-state index contributed by atoms with van der Waals surface area (Å²) < 4.78 is 14.9. The number of nitrogens with one attached hydrogen (secondary N) is 2. The summed E-state index contributed by atoms with van der Waals surface area (Å²) in [4.78, 5) is 40.6. The summed E-state index contributed by atoms with van der Waals surface area (Å²) in [6, 6.07) is 4.44. The smallest absolute Gasteiger partial charge is 0.251 e. The van der Waals surface area contributed by atoms with Gasteiger partial charge in [-0.15, -0.1) is 0 Å². The van der Waals surface area contributed by atoms with Gasteiger partial charge in [-0.3, -0.25) is 14.4 Å². The molecular weight excluding hydrogens is 445 g/mol. The lowest BCUT2D eigenvalue weighted by Crippen LogP contribution is -2.48. The molecule has 7 heteroatoms. The molecule has 4 rings (SSSR count). The molecule has 2 aliphatic carbocycles. The molecule has 2 N–H and O–H groups in total. The normalized spacial score (nSPS) is 22.2. The second kappa shape index (κ2) is 11.6. The van der Waals surface area contributed by atoms with Crippen LogP contribution in [0.25, 0.3) is 0 Å². The summed E-state index contributed by atoms with van der Waals surface area (Å²) in [7, 11) is 0. The number of amides is 2. The number of hydrogen-bond donors (Lipinski definition) is 2. The van der Waals surface area contributed by atoms with E-state index in [1.165, 1.54) is 18.6 Å². The Bertz CT molecular complexity index is 924. The van der Waals surface area contributed by atoms with Crippen molar-refractivity contribution in [1.82, 2.24) is 15.5 Å². The van der Waals surface area contributed by atoms with E-state index >= 15 is 0 Å². The monoisotopic (exact) mass is 485 g/mol. The lowest BCUT2D eigenvalue weighted by molar-refractivity contribution is -0.131. The number of carbonyl (C=O) groups is 3. The van der Waals surface area contributed by atoms with Crippen molar-refractivity contribution in [2.24, 2.45) is 11.8 Å². The van der Waals surface area contributed by atoms with Crippen LogP contribution in [0.3, 0.4) is 0 Å². The number of likely N-dealkylation sites (tertiary alicyclic amines) is 1. The molecule has 2 amide bonds. The minimum Gasteiger partial charge on any atom is -0.342 e. The summed E-state index contributed by atoms with van der Waals surface area (Å²) in [5.41, 5.74) is 0.854. The maximum Gasteiger partial charge on any atom is 0.251 e. The second-order valence-corrected chi connectivity index (χ2v) is 11.0. The van der Waals surface area contributed by atoms with Crippen molar-refractivity contribution in [2.75, 3.05) is 19.6 Å². The highest BCUT2D eigenvalue weighted by Crippen LogP contribution is 2.31. The Kier molecular flexibility index (Phi) is 8.58. The van der Waals surface area contributed by atoms with Crippen molar-refractivity contribution in [3.05, 3.63) is 35.1 Å². The summed E-state index contributed by atoms with van der Waals surface area (Å²) >= 11 is 0. The van der Waals surface area contributed by atoms with Gasteiger partial charge in [-0.05, 0) is 68.2 Å². The molecule has 1 saturated heterocycles. The first-order chi connectivity index (χ1) is 16.8. The number of nitrogens with zero attached hydrogens (tertiary/aromatic N) is 1. The molecule has 2 saturated carbocycles. The van der Waals surface area contributed by atoms with Gasteiger partial charge < -0.3 is 15.5 Å². The van der Waals surface area contributed by atoms with Crippen LogP contribution in [-0.2, 0) is 9.59 Å². The van der Waals surface area contributed by atoms with Crippen molar-refractivity contribution in [1.29, 1.82) is 0 Å². The van der Waals surface area contributed by atoms with E-state index in [-0.39, 0.29) is 41.2 Å². The average molecular weight is 486 g/mol. The fourth-order valence-corrected chi connectivity index (χ4v) is 5.56. The first-order valence-electron chi connectivity index (χ1n) is 13.5. The molecule has 1 unspecified atom stereocenters. The van der Waals surface area contributed by atoms with Crippen molar-refractivity contribution < 1.29 is 18.8 Å². The fraction of sp³-hybridized carbons (Fsp3) is 0.679. The minimum absolute atomic E-state index is 0.0541. The van der Waals surface area contributed by atoms with Crippen LogP contribution in [0.4, 0.5) is 4.39 Å². The van der Waals surface area contributed by atoms with Gasteiger partial charge in [0.2, 0.25) is 5.91 Å². The number of Topliss-reactive ketones (excluding diaryl/α,β-unsaturated/α-hetero) is 1. The maximum atomic E-state index is 14.9. The molecule has 1 heterocycles. The largest absolute Gasteiger partial charge is 0.342 e. The Labute approximate surface area is 208 Å². The number of benzene rings is 1. The standard InChI is InChI=1S/C28H40FN3O3/c1-18(2)27(34)26(19-7-4-3-5-8-19)31-28(35)20-10-13-24(29)23(15-20)21-9-6-14-32(17-21)25(33)16-30-22-11-12-22/h10,13,15,18-19,21-22,26,30H,3-9,11-12,14,16-17H2,1-2H3,(H,31,35)/t21?,26-/m1/s1. The van der Waals surface area contributed by atoms with Crippen molar-refractivity contribution >= 4 is 17.6 Å². The van der Waals surface area contributed by atoms with Gasteiger partial charge >= 0.3 is 0 Å². The van der Waals surface area contributed by atoms with E-state index in [9.17, 15) is 18.8 Å². The van der Waals surface area contributed by atoms with Gasteiger partial charge in [-0.2, -0.15) is 0 Å². The first-order valence-corrected chi connectivity index (χ1v) is 13.5. The number of hydrogen-bond acceptors (Lipinski definition) is 4. The van der Waals surface area contributed by atoms with Gasteiger partial charge in [0.1, 0.15) is 5.82 Å². The minimum atomic E-state index is -0.502. The molecule has 3 aliphatic rings. The van der Waals surface area contributed by atoms with E-state index in [4.69, 9.17) is 0 Å². The van der Waals surface area contributed by atoms with Gasteiger partial charge in [0, 0.05) is 36.5 Å². The van der Waals surface area contributed by atoms with E-state index in [0.29, 0.717) is 36.8 Å². The van der Waals surface area contributed by atoms with Crippen molar-refractivity contribution in [2.45, 2.75) is 89.6 Å². The van der Waals surface area contributed by atoms with Crippen LogP contribution in [0.15, 0.2) is 18.2 Å². The number of carbonyl (C=O) groups excluding carboxylic acids is 3. The zero-order chi connectivity index (χ0) is 24.9. The predicted molar refractivity (Wildman–Crippen MR) is 134 cm³/mol. The Morgan fingerprint density at radius 1 is 1.03 bits per heavy atom. The lowest BCUT2D eigenvalue weighted by atomic mass is 9.80. The molecule has 0 spiro atoms. The lowest BCUT2D eigenvalue weighted by Gasteiger charge is -2.33. The van der Waals surface area contributed by atoms with Crippen LogP contribution >= 0.6 is 0 Å². The second-order valence-electron chi connectivity index (χ2n) is 11.0. The van der Waals surface area contributed by atoms with E-state index in [1.54, 1.807) is 6.07 Å². The van der Waals surface area contributed by atoms with E-state index in [0.717, 1.165) is 51.4 Å². The van der Waals surface area contributed by atoms with Gasteiger partial charge in [0.05, 0.1) is 12.6 Å². The van der Waals surface area contributed by atoms with Crippen molar-refractivity contribution in [3.63, 3.8) is 0 Å². The predicted octanol–water partition coefficient (Wildman–Crippen LogP) is 4.19. The maximum absolute atomic E-state index is 14.9. The summed E-state index contributed by atoms with van der Waals surface area (Å²) in [6.45, 7) is 5.22. The molecule has 35 heavy (non-hydrogen) atoms. The van der Waals surface area contributed by atoms with Gasteiger partial charge in [0.25, 0.3) is 5.91 Å². The molecule has 1 aliphatic heterocycles. The Balaban J connectivity index is 1.45. The molecule has 1 aromatic rings. The molecule has 0 aromatic heterocycles. The van der Waals surface area contributed by atoms with Crippen LogP contribution < -0.4 is 10.6 Å². The summed E-state index contributed by atoms with van der Waals surface area (Å²) in [5, 5.41) is 6.27. The summed E-state index contributed by atoms with van der Waals surface area (Å²) in [5.74, 6) is -0.705. The van der Waals surface area contributed by atoms with Gasteiger partial charge in [-0.1, -0.05) is 33.1 Å². The van der Waals surface area contributed by atoms with Crippen molar-refractivity contribution in [3.8, 4) is 0 Å². The zero-order valence-corrected chi connectivity index (χ0v) is 21.2. The number of rotatable bonds is 9. The zero-order valence-electron chi connectivity index (χ0n) is 21.2. The first kappa shape index (κ1) is 25.8. The van der Waals surface area contributed by atoms with Gasteiger partial charge in [-0.25, -0.2) is 4.39 Å². The number of piperidine rings is 1. The highest BCUT2D eigenvalue weighted by Gasteiger charge is 2.33. The Hall–Kier alpha value is -2.28. The number of halogens is 1. The topological polar surface area (TPSA) is 78.5 Å². The molecule has 1 aromatic carbocycles. The number of ketones is 1. The van der Waals surface area contributed by atoms with Crippen LogP contribution in [0.5, 0.6) is 0 Å². The van der Waals surface area contributed by atoms with Gasteiger partial charge in [0.15, 0.2) is 5.78 Å². The molecule has 3 fully saturated rings. The fourth-order valence-electron chi connectivity index (χ4n) is 5.56.